The SMILES string of the molecule is CN1CCCCC1CCN1C(=O)CNCC1=O. The van der Waals surface area contributed by atoms with Gasteiger partial charge in [0.15, 0.2) is 0 Å². The summed E-state index contributed by atoms with van der Waals surface area (Å²) >= 11 is 0. The molecule has 0 aromatic carbocycles. The van der Waals surface area contributed by atoms with Crippen molar-refractivity contribution in [3.63, 3.8) is 0 Å². The van der Waals surface area contributed by atoms with Crippen molar-refractivity contribution in [3.8, 4) is 0 Å². The third-order valence-corrected chi connectivity index (χ3v) is 3.76. The Morgan fingerprint density at radius 1 is 1.24 bits per heavy atom. The van der Waals surface area contributed by atoms with Gasteiger partial charge in [-0.05, 0) is 32.9 Å². The Bertz CT molecular complexity index is 290. The second-order valence-electron chi connectivity index (χ2n) is 4.96. The van der Waals surface area contributed by atoms with Crippen molar-refractivity contribution < 1.29 is 9.59 Å². The highest BCUT2D eigenvalue weighted by Gasteiger charge is 2.27. The molecule has 0 bridgehead atoms. The highest BCUT2D eigenvalue weighted by Crippen LogP contribution is 2.18. The predicted octanol–water partition coefficient (Wildman–Crippen LogP) is -0.181. The molecule has 2 fully saturated rings. The second-order valence-corrected chi connectivity index (χ2v) is 4.96. The summed E-state index contributed by atoms with van der Waals surface area (Å²) in [5.74, 6) is -0.167. The first kappa shape index (κ1) is 12.5. The molecule has 96 valence electrons. The summed E-state index contributed by atoms with van der Waals surface area (Å²) in [6.45, 7) is 2.31. The fraction of sp³-hybridized carbons (Fsp3) is 0.833. The molecule has 0 radical (unpaired) electrons. The number of imide groups is 1. The monoisotopic (exact) mass is 239 g/mol. The summed E-state index contributed by atoms with van der Waals surface area (Å²) in [5, 5.41) is 2.81. The first-order valence-electron chi connectivity index (χ1n) is 6.42. The van der Waals surface area contributed by atoms with E-state index in [0.717, 1.165) is 13.0 Å². The summed E-state index contributed by atoms with van der Waals surface area (Å²) in [5.41, 5.74) is 0. The molecule has 5 heteroatoms. The lowest BCUT2D eigenvalue weighted by Gasteiger charge is -2.34. The predicted molar refractivity (Wildman–Crippen MR) is 64.5 cm³/mol. The number of carbonyl (C=O) groups is 2. The summed E-state index contributed by atoms with van der Waals surface area (Å²) in [6, 6.07) is 0.527. The molecule has 2 heterocycles. The second kappa shape index (κ2) is 5.60. The fourth-order valence-electron chi connectivity index (χ4n) is 2.64. The van der Waals surface area contributed by atoms with E-state index < -0.39 is 0 Å². The molecule has 0 spiro atoms. The van der Waals surface area contributed by atoms with Gasteiger partial charge < -0.3 is 4.90 Å². The third-order valence-electron chi connectivity index (χ3n) is 3.76. The van der Waals surface area contributed by atoms with Gasteiger partial charge in [-0.25, -0.2) is 0 Å². The normalized spacial score (nSPS) is 27.6. The molecule has 0 aromatic rings. The first-order valence-corrected chi connectivity index (χ1v) is 6.42. The van der Waals surface area contributed by atoms with Crippen LogP contribution in [0.15, 0.2) is 0 Å². The van der Waals surface area contributed by atoms with Crippen molar-refractivity contribution in [2.45, 2.75) is 31.7 Å². The van der Waals surface area contributed by atoms with Gasteiger partial charge in [0.25, 0.3) is 0 Å². The van der Waals surface area contributed by atoms with Gasteiger partial charge in [0.1, 0.15) is 0 Å². The van der Waals surface area contributed by atoms with Gasteiger partial charge in [0, 0.05) is 12.6 Å². The number of piperazine rings is 1. The number of nitrogens with zero attached hydrogens (tertiary/aromatic N) is 2. The van der Waals surface area contributed by atoms with Gasteiger partial charge >= 0.3 is 0 Å². The number of hydrogen-bond donors (Lipinski definition) is 1. The molecule has 0 aromatic heterocycles. The molecular weight excluding hydrogens is 218 g/mol. The van der Waals surface area contributed by atoms with Crippen LogP contribution in [0.3, 0.4) is 0 Å². The Hall–Kier alpha value is -0.940. The quantitative estimate of drug-likeness (QED) is 0.694. The van der Waals surface area contributed by atoms with Crippen LogP contribution >= 0.6 is 0 Å². The van der Waals surface area contributed by atoms with Gasteiger partial charge in [-0.1, -0.05) is 6.42 Å². The Kier molecular flexibility index (Phi) is 4.12. The van der Waals surface area contributed by atoms with Gasteiger partial charge in [0.2, 0.25) is 11.8 Å². The van der Waals surface area contributed by atoms with Crippen LogP contribution in [0, 0.1) is 0 Å². The van der Waals surface area contributed by atoms with Crippen molar-refractivity contribution in [3.05, 3.63) is 0 Å². The molecule has 1 atom stereocenters. The van der Waals surface area contributed by atoms with E-state index in [1.807, 2.05) is 0 Å². The lowest BCUT2D eigenvalue weighted by Crippen LogP contribution is -2.53. The average Bonchev–Trinajstić information content (AvgIpc) is 2.30. The molecule has 0 aliphatic carbocycles. The number of hydrogen-bond acceptors (Lipinski definition) is 4. The van der Waals surface area contributed by atoms with Crippen molar-refractivity contribution in [1.29, 1.82) is 0 Å². The van der Waals surface area contributed by atoms with E-state index in [0.29, 0.717) is 25.7 Å². The van der Waals surface area contributed by atoms with E-state index in [1.165, 1.54) is 24.2 Å². The maximum Gasteiger partial charge on any atom is 0.243 e. The Morgan fingerprint density at radius 3 is 2.59 bits per heavy atom. The van der Waals surface area contributed by atoms with Crippen LogP contribution in [-0.2, 0) is 9.59 Å². The molecule has 1 unspecified atom stereocenters. The highest BCUT2D eigenvalue weighted by molar-refractivity contribution is 5.99. The van der Waals surface area contributed by atoms with Crippen LogP contribution in [0.5, 0.6) is 0 Å². The first-order chi connectivity index (χ1) is 8.18. The van der Waals surface area contributed by atoms with E-state index in [2.05, 4.69) is 17.3 Å². The fourth-order valence-corrected chi connectivity index (χ4v) is 2.64. The van der Waals surface area contributed by atoms with E-state index in [-0.39, 0.29) is 11.8 Å². The molecule has 17 heavy (non-hydrogen) atoms. The van der Waals surface area contributed by atoms with Crippen LogP contribution in [-0.4, -0.2) is 60.9 Å². The van der Waals surface area contributed by atoms with E-state index in [4.69, 9.17) is 0 Å². The van der Waals surface area contributed by atoms with Crippen LogP contribution in [0.1, 0.15) is 25.7 Å². The molecule has 2 amide bonds. The lowest BCUT2D eigenvalue weighted by atomic mass is 10.00. The molecule has 2 saturated heterocycles. The number of likely N-dealkylation sites (tertiary alicyclic amines) is 1. The molecule has 2 rings (SSSR count). The van der Waals surface area contributed by atoms with Crippen molar-refractivity contribution in [1.82, 2.24) is 15.1 Å². The molecule has 0 saturated carbocycles. The topological polar surface area (TPSA) is 52.6 Å². The molecular formula is C12H21N3O2. The molecule has 2 aliphatic heterocycles. The Morgan fingerprint density at radius 2 is 1.94 bits per heavy atom. The zero-order chi connectivity index (χ0) is 12.3. The van der Waals surface area contributed by atoms with Gasteiger partial charge in [-0.2, -0.15) is 0 Å². The van der Waals surface area contributed by atoms with Gasteiger partial charge in [-0.3, -0.25) is 19.8 Å². The minimum Gasteiger partial charge on any atom is -0.303 e. The summed E-state index contributed by atoms with van der Waals surface area (Å²) in [6.07, 6.45) is 4.62. The van der Waals surface area contributed by atoms with Crippen LogP contribution in [0.2, 0.25) is 0 Å². The number of nitrogens with one attached hydrogen (secondary N) is 1. The smallest absolute Gasteiger partial charge is 0.243 e. The summed E-state index contributed by atoms with van der Waals surface area (Å²) in [7, 11) is 2.13. The molecule has 5 nitrogen and oxygen atoms in total. The van der Waals surface area contributed by atoms with E-state index in [9.17, 15) is 9.59 Å². The minimum atomic E-state index is -0.0836. The average molecular weight is 239 g/mol. The zero-order valence-electron chi connectivity index (χ0n) is 10.4. The Labute approximate surface area is 102 Å². The standard InChI is InChI=1S/C12H21N3O2/c1-14-6-3-2-4-10(14)5-7-15-11(16)8-13-9-12(15)17/h10,13H,2-9H2,1H3. The van der Waals surface area contributed by atoms with Gasteiger partial charge in [0.05, 0.1) is 13.1 Å². The third kappa shape index (κ3) is 3.04. The van der Waals surface area contributed by atoms with Crippen LogP contribution in [0.4, 0.5) is 0 Å². The number of piperidine rings is 1. The van der Waals surface area contributed by atoms with E-state index >= 15 is 0 Å². The highest BCUT2D eigenvalue weighted by atomic mass is 16.2. The van der Waals surface area contributed by atoms with Crippen molar-refractivity contribution in [2.24, 2.45) is 0 Å². The lowest BCUT2D eigenvalue weighted by molar-refractivity contribution is -0.146. The summed E-state index contributed by atoms with van der Waals surface area (Å²) in [4.78, 5) is 26.9. The Balaban J connectivity index is 1.83. The maximum atomic E-state index is 11.6. The largest absolute Gasteiger partial charge is 0.303 e. The zero-order valence-corrected chi connectivity index (χ0v) is 10.4. The minimum absolute atomic E-state index is 0.0836. The number of carbonyl (C=O) groups excluding carboxylic acids is 2. The van der Waals surface area contributed by atoms with Gasteiger partial charge in [-0.15, -0.1) is 0 Å². The van der Waals surface area contributed by atoms with E-state index in [1.54, 1.807) is 0 Å². The molecule has 2 aliphatic rings. The maximum absolute atomic E-state index is 11.6. The number of amides is 2. The van der Waals surface area contributed by atoms with Crippen LogP contribution < -0.4 is 5.32 Å². The summed E-state index contributed by atoms with van der Waals surface area (Å²) < 4.78 is 0. The van der Waals surface area contributed by atoms with Crippen molar-refractivity contribution in [2.75, 3.05) is 33.2 Å². The van der Waals surface area contributed by atoms with Crippen LogP contribution in [0.25, 0.3) is 0 Å². The number of rotatable bonds is 3. The van der Waals surface area contributed by atoms with Crippen molar-refractivity contribution >= 4 is 11.8 Å². The molecule has 1 N–H and O–H groups in total.